The Morgan fingerprint density at radius 3 is 2.60 bits per heavy atom. The number of quaternary nitrogens is 1. The van der Waals surface area contributed by atoms with E-state index in [4.69, 9.17) is 4.74 Å². The van der Waals surface area contributed by atoms with Gasteiger partial charge in [-0.25, -0.2) is 4.48 Å². The van der Waals surface area contributed by atoms with Gasteiger partial charge in [0.1, 0.15) is 12.6 Å². The molecule has 0 aromatic heterocycles. The van der Waals surface area contributed by atoms with E-state index in [9.17, 15) is 4.79 Å². The van der Waals surface area contributed by atoms with Crippen LogP contribution in [0.1, 0.15) is 13.8 Å². The number of likely N-dealkylation sites (N-methyl/N-ethyl adjacent to an activating group) is 1. The number of hydrogen-bond donors (Lipinski definition) is 0. The monoisotopic (exact) mass is 144 g/mol. The van der Waals surface area contributed by atoms with Gasteiger partial charge in [0, 0.05) is 0 Å². The lowest BCUT2D eigenvalue weighted by Crippen LogP contribution is -2.31. The summed E-state index contributed by atoms with van der Waals surface area (Å²) >= 11 is 0. The summed E-state index contributed by atoms with van der Waals surface area (Å²) in [5.41, 5.74) is 0. The molecule has 0 bridgehead atoms. The van der Waals surface area contributed by atoms with Crippen molar-refractivity contribution >= 4 is 6.09 Å². The van der Waals surface area contributed by atoms with E-state index in [1.807, 2.05) is 14.0 Å². The minimum atomic E-state index is -0.0880. The predicted molar refractivity (Wildman–Crippen MR) is 37.5 cm³/mol. The van der Waals surface area contributed by atoms with Gasteiger partial charge in [-0.3, -0.25) is 0 Å². The molecule has 2 atom stereocenters. The quantitative estimate of drug-likeness (QED) is 0.405. The zero-order valence-corrected chi connectivity index (χ0v) is 6.76. The predicted octanol–water partition coefficient (Wildman–Crippen LogP) is 0.992. The zero-order chi connectivity index (χ0) is 7.78. The third-order valence-electron chi connectivity index (χ3n) is 2.17. The Balaban J connectivity index is 2.43. The highest BCUT2D eigenvalue weighted by molar-refractivity contribution is 5.61. The molecule has 58 valence electrons. The van der Waals surface area contributed by atoms with Gasteiger partial charge in [-0.05, 0) is 13.8 Å². The fourth-order valence-electron chi connectivity index (χ4n) is 1.03. The van der Waals surface area contributed by atoms with E-state index in [1.54, 1.807) is 0 Å². The second kappa shape index (κ2) is 2.23. The van der Waals surface area contributed by atoms with Crippen molar-refractivity contribution in [2.75, 3.05) is 20.2 Å². The Labute approximate surface area is 61.2 Å². The van der Waals surface area contributed by atoms with E-state index < -0.39 is 0 Å². The van der Waals surface area contributed by atoms with Crippen LogP contribution >= 0.6 is 0 Å². The highest BCUT2D eigenvalue weighted by Gasteiger charge is 2.55. The van der Waals surface area contributed by atoms with Gasteiger partial charge in [-0.2, -0.15) is 4.79 Å². The summed E-state index contributed by atoms with van der Waals surface area (Å²) in [7, 11) is 1.91. The second-order valence-electron chi connectivity index (χ2n) is 3.00. The number of amides is 1. The number of ether oxygens (including phenoxy) is 1. The third-order valence-corrected chi connectivity index (χ3v) is 2.17. The Hall–Kier alpha value is -0.570. The van der Waals surface area contributed by atoms with Crippen LogP contribution in [0.4, 0.5) is 4.79 Å². The van der Waals surface area contributed by atoms with E-state index in [0.29, 0.717) is 17.1 Å². The molecule has 0 aromatic carbocycles. The summed E-state index contributed by atoms with van der Waals surface area (Å²) in [6.45, 7) is 5.30. The van der Waals surface area contributed by atoms with Crippen LogP contribution in [0.5, 0.6) is 0 Å². The molecule has 1 heterocycles. The maximum atomic E-state index is 11.1. The summed E-state index contributed by atoms with van der Waals surface area (Å²) in [6, 6.07) is 0.457. The Bertz CT molecular complexity index is 158. The van der Waals surface area contributed by atoms with Crippen molar-refractivity contribution in [3.8, 4) is 0 Å². The van der Waals surface area contributed by atoms with Crippen molar-refractivity contribution in [3.63, 3.8) is 0 Å². The molecule has 1 fully saturated rings. The molecule has 3 heteroatoms. The summed E-state index contributed by atoms with van der Waals surface area (Å²) in [4.78, 5) is 11.1. The van der Waals surface area contributed by atoms with E-state index in [-0.39, 0.29) is 6.09 Å². The van der Waals surface area contributed by atoms with Crippen molar-refractivity contribution in [2.45, 2.75) is 19.9 Å². The van der Waals surface area contributed by atoms with Gasteiger partial charge in [0.25, 0.3) is 0 Å². The fraction of sp³-hybridized carbons (Fsp3) is 0.857. The number of carbonyl (C=O) groups excluding carboxylic acids is 1. The molecule has 0 aromatic rings. The molecular formula is C7H14NO2+. The standard InChI is InChI=1S/C7H14NO2/c1-4-10-7(9)8(3)5-6(8)2/h6H,4-5H2,1-3H3/q+1. The molecule has 0 aliphatic carbocycles. The lowest BCUT2D eigenvalue weighted by Gasteiger charge is -2.08. The Morgan fingerprint density at radius 1 is 1.80 bits per heavy atom. The maximum Gasteiger partial charge on any atom is 0.516 e. The maximum absolute atomic E-state index is 11.1. The smallest absolute Gasteiger partial charge is 0.420 e. The average Bonchev–Trinajstić information content (AvgIpc) is 2.43. The minimum absolute atomic E-state index is 0.0880. The summed E-state index contributed by atoms with van der Waals surface area (Å²) in [6.07, 6.45) is -0.0880. The first-order valence-corrected chi connectivity index (χ1v) is 3.63. The molecule has 1 saturated heterocycles. The Kier molecular flexibility index (Phi) is 1.68. The van der Waals surface area contributed by atoms with Crippen LogP contribution in [0.2, 0.25) is 0 Å². The van der Waals surface area contributed by atoms with Gasteiger partial charge in [-0.15, -0.1) is 0 Å². The lowest BCUT2D eigenvalue weighted by atomic mass is 10.6. The van der Waals surface area contributed by atoms with E-state index in [0.717, 1.165) is 6.54 Å². The Morgan fingerprint density at radius 2 is 2.30 bits per heavy atom. The molecule has 3 nitrogen and oxygen atoms in total. The molecule has 1 aliphatic rings. The number of carbonyl (C=O) groups is 1. The van der Waals surface area contributed by atoms with Gasteiger partial charge in [0.05, 0.1) is 13.7 Å². The molecule has 0 radical (unpaired) electrons. The van der Waals surface area contributed by atoms with Crippen molar-refractivity contribution in [2.24, 2.45) is 0 Å². The van der Waals surface area contributed by atoms with Crippen LogP contribution in [0.15, 0.2) is 0 Å². The van der Waals surface area contributed by atoms with Crippen LogP contribution in [0.25, 0.3) is 0 Å². The molecule has 1 amide bonds. The van der Waals surface area contributed by atoms with Crippen LogP contribution in [0.3, 0.4) is 0 Å². The summed E-state index contributed by atoms with van der Waals surface area (Å²) in [5.74, 6) is 0. The topological polar surface area (TPSA) is 26.3 Å². The third kappa shape index (κ3) is 1.01. The molecule has 10 heavy (non-hydrogen) atoms. The average molecular weight is 144 g/mol. The van der Waals surface area contributed by atoms with Crippen molar-refractivity contribution < 1.29 is 14.0 Å². The largest absolute Gasteiger partial charge is 0.516 e. The van der Waals surface area contributed by atoms with Crippen molar-refractivity contribution in [3.05, 3.63) is 0 Å². The molecule has 1 rings (SSSR count). The molecular weight excluding hydrogens is 130 g/mol. The summed E-state index contributed by atoms with van der Waals surface area (Å²) in [5, 5.41) is 0. The number of hydrogen-bond acceptors (Lipinski definition) is 2. The number of nitrogens with zero attached hydrogens (tertiary/aromatic N) is 1. The highest BCUT2D eigenvalue weighted by atomic mass is 16.6. The molecule has 1 aliphatic heterocycles. The van der Waals surface area contributed by atoms with Gasteiger partial charge in [0.2, 0.25) is 0 Å². The first kappa shape index (κ1) is 7.54. The SMILES string of the molecule is CCOC(=O)[N+]1(C)CC1C. The number of rotatable bonds is 1. The van der Waals surface area contributed by atoms with Gasteiger partial charge < -0.3 is 4.74 Å². The van der Waals surface area contributed by atoms with Crippen LogP contribution in [-0.4, -0.2) is 36.8 Å². The molecule has 0 spiro atoms. The van der Waals surface area contributed by atoms with E-state index >= 15 is 0 Å². The van der Waals surface area contributed by atoms with Crippen LogP contribution < -0.4 is 0 Å². The van der Waals surface area contributed by atoms with Crippen LogP contribution in [-0.2, 0) is 4.74 Å². The first-order chi connectivity index (χ1) is 4.61. The normalized spacial score (nSPS) is 37.3. The summed E-state index contributed by atoms with van der Waals surface area (Å²) < 4.78 is 5.34. The van der Waals surface area contributed by atoms with Crippen molar-refractivity contribution in [1.82, 2.24) is 0 Å². The first-order valence-electron chi connectivity index (χ1n) is 3.63. The van der Waals surface area contributed by atoms with Gasteiger partial charge >= 0.3 is 6.09 Å². The van der Waals surface area contributed by atoms with E-state index in [2.05, 4.69) is 6.92 Å². The minimum Gasteiger partial charge on any atom is -0.420 e. The molecule has 0 N–H and O–H groups in total. The van der Waals surface area contributed by atoms with Crippen molar-refractivity contribution in [1.29, 1.82) is 0 Å². The highest BCUT2D eigenvalue weighted by Crippen LogP contribution is 2.28. The van der Waals surface area contributed by atoms with Gasteiger partial charge in [0.15, 0.2) is 0 Å². The molecule has 0 saturated carbocycles. The fourth-order valence-corrected chi connectivity index (χ4v) is 1.03. The zero-order valence-electron chi connectivity index (χ0n) is 6.76. The lowest BCUT2D eigenvalue weighted by molar-refractivity contribution is -0.712. The molecule has 2 unspecified atom stereocenters. The van der Waals surface area contributed by atoms with Gasteiger partial charge in [-0.1, -0.05) is 0 Å². The van der Waals surface area contributed by atoms with Crippen LogP contribution in [0, 0.1) is 0 Å². The second-order valence-corrected chi connectivity index (χ2v) is 3.00. The van der Waals surface area contributed by atoms with E-state index in [1.165, 1.54) is 0 Å².